The van der Waals surface area contributed by atoms with Crippen molar-refractivity contribution >= 4 is 22.6 Å². The molecule has 0 nitrogen and oxygen atoms in total. The Morgan fingerprint density at radius 1 is 1.31 bits per heavy atom. The lowest BCUT2D eigenvalue weighted by Crippen LogP contribution is -2.31. The van der Waals surface area contributed by atoms with Crippen molar-refractivity contribution < 1.29 is 13.2 Å². The van der Waals surface area contributed by atoms with E-state index in [-0.39, 0.29) is 0 Å². The molecule has 0 radical (unpaired) electrons. The smallest absolute Gasteiger partial charge is 0.170 e. The lowest BCUT2D eigenvalue weighted by atomic mass is 9.89. The van der Waals surface area contributed by atoms with Crippen LogP contribution in [0.3, 0.4) is 0 Å². The number of rotatable bonds is 0. The Balaban J connectivity index is 3.11. The van der Waals surface area contributed by atoms with Crippen molar-refractivity contribution in [2.45, 2.75) is 13.1 Å². The lowest BCUT2D eigenvalue weighted by molar-refractivity contribution is -0.183. The van der Waals surface area contributed by atoms with Gasteiger partial charge in [0.05, 0.1) is 0 Å². The van der Waals surface area contributed by atoms with E-state index in [0.29, 0.717) is 3.58 Å². The highest BCUT2D eigenvalue weighted by Crippen LogP contribution is 2.42. The Morgan fingerprint density at radius 2 is 1.92 bits per heavy atom. The number of hydrogen-bond donors (Lipinski definition) is 0. The van der Waals surface area contributed by atoms with Gasteiger partial charge in [0, 0.05) is 3.58 Å². The second-order valence-electron chi connectivity index (χ2n) is 3.03. The first kappa shape index (κ1) is 10.8. The Hall–Kier alpha value is -0.260. The predicted molar refractivity (Wildman–Crippen MR) is 54.5 cm³/mol. The molecule has 0 bridgehead atoms. The summed E-state index contributed by atoms with van der Waals surface area (Å²) in [5.74, 6) is 0. The fourth-order valence-corrected chi connectivity index (χ4v) is 1.82. The third kappa shape index (κ3) is 2.36. The van der Waals surface area contributed by atoms with E-state index in [1.54, 1.807) is 12.2 Å². The highest BCUT2D eigenvalue weighted by Gasteiger charge is 2.47. The molecule has 1 unspecified atom stereocenters. The second-order valence-corrected chi connectivity index (χ2v) is 4.27. The van der Waals surface area contributed by atoms with Crippen LogP contribution in [-0.2, 0) is 0 Å². The third-order valence-electron chi connectivity index (χ3n) is 1.86. The van der Waals surface area contributed by atoms with Crippen LogP contribution in [0.5, 0.6) is 0 Å². The molecular weight excluding hydrogens is 292 g/mol. The van der Waals surface area contributed by atoms with Gasteiger partial charge in [-0.25, -0.2) is 0 Å². The van der Waals surface area contributed by atoms with Gasteiger partial charge in [0.2, 0.25) is 0 Å². The van der Waals surface area contributed by atoms with Crippen molar-refractivity contribution in [1.29, 1.82) is 0 Å². The van der Waals surface area contributed by atoms with Crippen LogP contribution in [0, 0.1) is 5.41 Å². The first-order valence-electron chi connectivity index (χ1n) is 3.66. The van der Waals surface area contributed by atoms with E-state index in [1.165, 1.54) is 12.2 Å². The van der Waals surface area contributed by atoms with E-state index in [9.17, 15) is 13.2 Å². The molecule has 0 aromatic carbocycles. The van der Waals surface area contributed by atoms with E-state index in [4.69, 9.17) is 0 Å². The topological polar surface area (TPSA) is 0 Å². The van der Waals surface area contributed by atoms with Crippen LogP contribution in [0.2, 0.25) is 0 Å². The number of halogens is 4. The normalized spacial score (nSPS) is 28.5. The summed E-state index contributed by atoms with van der Waals surface area (Å²) in [6, 6.07) is 0. The molecule has 0 heterocycles. The number of hydrogen-bond acceptors (Lipinski definition) is 0. The second kappa shape index (κ2) is 3.48. The monoisotopic (exact) mass is 300 g/mol. The average molecular weight is 300 g/mol. The van der Waals surface area contributed by atoms with Gasteiger partial charge >= 0.3 is 6.18 Å². The highest BCUT2D eigenvalue weighted by atomic mass is 127. The first-order chi connectivity index (χ1) is 5.85. The molecular formula is C9H8F3I. The Kier molecular flexibility index (Phi) is 2.89. The Bertz CT molecular complexity index is 286. The summed E-state index contributed by atoms with van der Waals surface area (Å²) in [5.41, 5.74) is -1.84. The minimum atomic E-state index is -4.23. The van der Waals surface area contributed by atoms with Crippen molar-refractivity contribution in [3.8, 4) is 0 Å². The summed E-state index contributed by atoms with van der Waals surface area (Å²) >= 11 is 1.88. The van der Waals surface area contributed by atoms with Gasteiger partial charge in [0.25, 0.3) is 0 Å². The Morgan fingerprint density at radius 3 is 2.46 bits per heavy atom. The molecule has 0 aromatic heterocycles. The van der Waals surface area contributed by atoms with Crippen molar-refractivity contribution in [1.82, 2.24) is 0 Å². The fourth-order valence-electron chi connectivity index (χ4n) is 0.962. The summed E-state index contributed by atoms with van der Waals surface area (Å²) < 4.78 is 38.3. The summed E-state index contributed by atoms with van der Waals surface area (Å²) in [7, 11) is 0. The van der Waals surface area contributed by atoms with Crippen molar-refractivity contribution in [3.63, 3.8) is 0 Å². The molecule has 72 valence electrons. The van der Waals surface area contributed by atoms with Crippen LogP contribution < -0.4 is 0 Å². The zero-order valence-electron chi connectivity index (χ0n) is 6.90. The summed E-state index contributed by atoms with van der Waals surface area (Å²) in [4.78, 5) is 0. The van der Waals surface area contributed by atoms with E-state index < -0.39 is 11.6 Å². The van der Waals surface area contributed by atoms with Crippen molar-refractivity contribution in [2.24, 2.45) is 5.41 Å². The molecule has 0 amide bonds. The van der Waals surface area contributed by atoms with Crippen LogP contribution in [0.1, 0.15) is 6.92 Å². The van der Waals surface area contributed by atoms with Gasteiger partial charge in [0.1, 0.15) is 5.41 Å². The van der Waals surface area contributed by atoms with E-state index >= 15 is 0 Å². The zero-order chi connectivity index (χ0) is 10.1. The summed E-state index contributed by atoms with van der Waals surface area (Å²) in [6.07, 6.45) is 2.83. The van der Waals surface area contributed by atoms with Crippen LogP contribution in [0.25, 0.3) is 0 Å². The van der Waals surface area contributed by atoms with Crippen molar-refractivity contribution in [2.75, 3.05) is 0 Å². The van der Waals surface area contributed by atoms with Crippen LogP contribution >= 0.6 is 22.6 Å². The minimum Gasteiger partial charge on any atom is -0.170 e. The molecule has 1 rings (SSSR count). The van der Waals surface area contributed by atoms with Crippen LogP contribution in [0.4, 0.5) is 13.2 Å². The van der Waals surface area contributed by atoms with Gasteiger partial charge in [-0.1, -0.05) is 24.3 Å². The first-order valence-corrected chi connectivity index (χ1v) is 4.74. The SMILES string of the molecule is CC1(C(F)(F)F)C=CC=CC(I)=C1. The van der Waals surface area contributed by atoms with Gasteiger partial charge in [-0.3, -0.25) is 0 Å². The molecule has 0 spiro atoms. The van der Waals surface area contributed by atoms with E-state index in [1.807, 2.05) is 22.6 Å². The standard InChI is InChI=1S/C9H8F3I/c1-8(9(10,11)12)5-3-2-4-7(13)6-8/h2-6H,1H3. The van der Waals surface area contributed by atoms with Gasteiger partial charge in [0.15, 0.2) is 0 Å². The molecule has 0 saturated carbocycles. The average Bonchev–Trinajstić information content (AvgIpc) is 2.10. The van der Waals surface area contributed by atoms with Gasteiger partial charge in [-0.2, -0.15) is 13.2 Å². The molecule has 13 heavy (non-hydrogen) atoms. The molecule has 1 aliphatic carbocycles. The van der Waals surface area contributed by atoms with Crippen LogP contribution in [0.15, 0.2) is 34.0 Å². The zero-order valence-corrected chi connectivity index (χ0v) is 9.06. The molecule has 4 heteroatoms. The van der Waals surface area contributed by atoms with Crippen molar-refractivity contribution in [3.05, 3.63) is 34.0 Å². The number of alkyl halides is 3. The van der Waals surface area contributed by atoms with Gasteiger partial charge in [-0.15, -0.1) is 0 Å². The van der Waals surface area contributed by atoms with Crippen LogP contribution in [-0.4, -0.2) is 6.18 Å². The molecule has 1 aliphatic rings. The van der Waals surface area contributed by atoms with E-state index in [2.05, 4.69) is 0 Å². The largest absolute Gasteiger partial charge is 0.400 e. The van der Waals surface area contributed by atoms with Gasteiger partial charge < -0.3 is 0 Å². The molecule has 0 saturated heterocycles. The summed E-state index contributed by atoms with van der Waals surface area (Å²) in [5, 5.41) is 0. The van der Waals surface area contributed by atoms with Gasteiger partial charge in [-0.05, 0) is 35.6 Å². The maximum atomic E-state index is 12.6. The lowest BCUT2D eigenvalue weighted by Gasteiger charge is -2.25. The summed E-state index contributed by atoms with van der Waals surface area (Å²) in [6.45, 7) is 1.16. The quantitative estimate of drug-likeness (QED) is 0.593. The highest BCUT2D eigenvalue weighted by molar-refractivity contribution is 14.1. The minimum absolute atomic E-state index is 0.599. The maximum Gasteiger partial charge on any atom is 0.400 e. The third-order valence-corrected chi connectivity index (χ3v) is 2.53. The molecule has 0 aromatic rings. The fraction of sp³-hybridized carbons (Fsp3) is 0.333. The maximum absolute atomic E-state index is 12.6. The van der Waals surface area contributed by atoms with E-state index in [0.717, 1.165) is 13.0 Å². The number of allylic oxidation sites excluding steroid dienone is 6. The Labute approximate surface area is 88.3 Å². The molecule has 0 fully saturated rings. The molecule has 0 aliphatic heterocycles. The molecule has 0 N–H and O–H groups in total. The molecule has 1 atom stereocenters. The predicted octanol–water partition coefficient (Wildman–Crippen LogP) is 4.00.